The third-order valence-electron chi connectivity index (χ3n) is 4.00. The van der Waals surface area contributed by atoms with Gasteiger partial charge in [-0.25, -0.2) is 14.4 Å². The number of nitrogens with one attached hydrogen (secondary N) is 2. The van der Waals surface area contributed by atoms with E-state index < -0.39 is 0 Å². The van der Waals surface area contributed by atoms with Crippen molar-refractivity contribution in [3.63, 3.8) is 0 Å². The topological polar surface area (TPSA) is 49.8 Å². The molecule has 0 radical (unpaired) electrons. The standard InChI is InChI=1S/C20H21FN4/c1-13-4-9-18(10-14(13)2)25-20-11-19(23-15(3)24-20)22-12-16-5-7-17(21)8-6-16/h4-11H,12H2,1-3H3,(H2,22,23,24,25). The van der Waals surface area contributed by atoms with Crippen molar-refractivity contribution >= 4 is 17.3 Å². The number of halogens is 1. The molecule has 3 aromatic rings. The molecule has 5 heteroatoms. The van der Waals surface area contributed by atoms with Gasteiger partial charge in [0.25, 0.3) is 0 Å². The molecule has 25 heavy (non-hydrogen) atoms. The summed E-state index contributed by atoms with van der Waals surface area (Å²) in [5.41, 5.74) is 4.46. The Bertz CT molecular complexity index is 875. The first-order valence-electron chi connectivity index (χ1n) is 8.18. The van der Waals surface area contributed by atoms with Crippen molar-refractivity contribution in [1.29, 1.82) is 0 Å². The molecule has 0 aliphatic rings. The largest absolute Gasteiger partial charge is 0.366 e. The maximum absolute atomic E-state index is 13.0. The van der Waals surface area contributed by atoms with E-state index in [1.54, 1.807) is 12.1 Å². The number of benzene rings is 2. The minimum absolute atomic E-state index is 0.235. The van der Waals surface area contributed by atoms with Crippen LogP contribution in [0.3, 0.4) is 0 Å². The molecule has 2 aromatic carbocycles. The highest BCUT2D eigenvalue weighted by Gasteiger charge is 2.04. The van der Waals surface area contributed by atoms with Gasteiger partial charge in [0.1, 0.15) is 23.3 Å². The van der Waals surface area contributed by atoms with E-state index in [9.17, 15) is 4.39 Å². The van der Waals surface area contributed by atoms with Crippen LogP contribution in [-0.4, -0.2) is 9.97 Å². The first kappa shape index (κ1) is 16.9. The molecule has 1 heterocycles. The second-order valence-electron chi connectivity index (χ2n) is 6.09. The predicted molar refractivity (Wildman–Crippen MR) is 99.7 cm³/mol. The molecule has 0 spiro atoms. The average molecular weight is 336 g/mol. The Hall–Kier alpha value is -2.95. The SMILES string of the molecule is Cc1nc(NCc2ccc(F)cc2)cc(Nc2ccc(C)c(C)c2)n1. The number of nitrogens with zero attached hydrogens (tertiary/aromatic N) is 2. The summed E-state index contributed by atoms with van der Waals surface area (Å²) >= 11 is 0. The van der Waals surface area contributed by atoms with Crippen molar-refractivity contribution < 1.29 is 4.39 Å². The minimum Gasteiger partial charge on any atom is -0.366 e. The van der Waals surface area contributed by atoms with Crippen LogP contribution < -0.4 is 10.6 Å². The van der Waals surface area contributed by atoms with Gasteiger partial charge in [0.05, 0.1) is 0 Å². The summed E-state index contributed by atoms with van der Waals surface area (Å²) in [6, 6.07) is 14.5. The summed E-state index contributed by atoms with van der Waals surface area (Å²) in [5, 5.41) is 6.57. The Balaban J connectivity index is 1.73. The number of aromatic nitrogens is 2. The molecule has 0 unspecified atom stereocenters. The van der Waals surface area contributed by atoms with Gasteiger partial charge < -0.3 is 10.6 Å². The molecule has 1 aromatic heterocycles. The van der Waals surface area contributed by atoms with Crippen LogP contribution in [0, 0.1) is 26.6 Å². The Morgan fingerprint density at radius 2 is 1.56 bits per heavy atom. The van der Waals surface area contributed by atoms with Crippen LogP contribution in [0.5, 0.6) is 0 Å². The number of hydrogen-bond donors (Lipinski definition) is 2. The fraction of sp³-hybridized carbons (Fsp3) is 0.200. The lowest BCUT2D eigenvalue weighted by atomic mass is 10.1. The number of hydrogen-bond acceptors (Lipinski definition) is 4. The zero-order valence-electron chi connectivity index (χ0n) is 14.6. The Labute approximate surface area is 147 Å². The van der Waals surface area contributed by atoms with Crippen molar-refractivity contribution in [3.05, 3.63) is 76.9 Å². The van der Waals surface area contributed by atoms with Crippen molar-refractivity contribution in [2.75, 3.05) is 10.6 Å². The molecule has 0 atom stereocenters. The van der Waals surface area contributed by atoms with E-state index in [-0.39, 0.29) is 5.82 Å². The van der Waals surface area contributed by atoms with E-state index in [0.29, 0.717) is 12.4 Å². The van der Waals surface area contributed by atoms with Gasteiger partial charge in [0.2, 0.25) is 0 Å². The van der Waals surface area contributed by atoms with Crippen LogP contribution in [0.4, 0.5) is 21.7 Å². The summed E-state index contributed by atoms with van der Waals surface area (Å²) < 4.78 is 13.0. The van der Waals surface area contributed by atoms with Crippen LogP contribution in [0.25, 0.3) is 0 Å². The third-order valence-corrected chi connectivity index (χ3v) is 4.00. The summed E-state index contributed by atoms with van der Waals surface area (Å²) in [6.07, 6.45) is 0. The lowest BCUT2D eigenvalue weighted by Gasteiger charge is -2.11. The number of rotatable bonds is 5. The van der Waals surface area contributed by atoms with Gasteiger partial charge in [-0.15, -0.1) is 0 Å². The normalized spacial score (nSPS) is 10.6. The molecular weight excluding hydrogens is 315 g/mol. The molecule has 3 rings (SSSR count). The average Bonchev–Trinajstić information content (AvgIpc) is 2.57. The first-order valence-corrected chi connectivity index (χ1v) is 8.18. The smallest absolute Gasteiger partial charge is 0.136 e. The molecule has 2 N–H and O–H groups in total. The molecule has 0 saturated carbocycles. The first-order chi connectivity index (χ1) is 12.0. The van der Waals surface area contributed by atoms with Gasteiger partial charge in [-0.05, 0) is 61.7 Å². The van der Waals surface area contributed by atoms with Gasteiger partial charge in [-0.2, -0.15) is 0 Å². The van der Waals surface area contributed by atoms with Crippen LogP contribution in [0.1, 0.15) is 22.5 Å². The number of anilines is 3. The summed E-state index contributed by atoms with van der Waals surface area (Å²) in [7, 11) is 0. The van der Waals surface area contributed by atoms with E-state index in [0.717, 1.165) is 22.9 Å². The maximum atomic E-state index is 13.0. The summed E-state index contributed by atoms with van der Waals surface area (Å²) in [6.45, 7) is 6.60. The van der Waals surface area contributed by atoms with E-state index in [1.807, 2.05) is 19.1 Å². The quantitative estimate of drug-likeness (QED) is 0.696. The Morgan fingerprint density at radius 3 is 2.28 bits per heavy atom. The van der Waals surface area contributed by atoms with Gasteiger partial charge >= 0.3 is 0 Å². The highest BCUT2D eigenvalue weighted by atomic mass is 19.1. The van der Waals surface area contributed by atoms with Gasteiger partial charge in [-0.3, -0.25) is 0 Å². The van der Waals surface area contributed by atoms with Crippen LogP contribution in [0.15, 0.2) is 48.5 Å². The number of aryl methyl sites for hydroxylation is 3. The van der Waals surface area contributed by atoms with Crippen molar-refractivity contribution in [2.24, 2.45) is 0 Å². The zero-order chi connectivity index (χ0) is 17.8. The summed E-state index contributed by atoms with van der Waals surface area (Å²) in [4.78, 5) is 8.84. The summed E-state index contributed by atoms with van der Waals surface area (Å²) in [5.74, 6) is 1.90. The van der Waals surface area contributed by atoms with Crippen LogP contribution in [-0.2, 0) is 6.54 Å². The second-order valence-corrected chi connectivity index (χ2v) is 6.09. The van der Waals surface area contributed by atoms with Gasteiger partial charge in [0, 0.05) is 18.3 Å². The Morgan fingerprint density at radius 1 is 0.840 bits per heavy atom. The van der Waals surface area contributed by atoms with E-state index in [1.165, 1.54) is 23.3 Å². The zero-order valence-corrected chi connectivity index (χ0v) is 14.6. The molecule has 128 valence electrons. The molecule has 0 bridgehead atoms. The van der Waals surface area contributed by atoms with Crippen molar-refractivity contribution in [3.8, 4) is 0 Å². The fourth-order valence-electron chi connectivity index (χ4n) is 2.48. The molecule has 0 saturated heterocycles. The fourth-order valence-corrected chi connectivity index (χ4v) is 2.48. The molecule has 0 amide bonds. The molecular formula is C20H21FN4. The lowest BCUT2D eigenvalue weighted by molar-refractivity contribution is 0.627. The van der Waals surface area contributed by atoms with E-state index in [4.69, 9.17) is 0 Å². The predicted octanol–water partition coefficient (Wildman–Crippen LogP) is 4.90. The molecule has 4 nitrogen and oxygen atoms in total. The molecule has 0 fully saturated rings. The van der Waals surface area contributed by atoms with Gasteiger partial charge in [-0.1, -0.05) is 18.2 Å². The van der Waals surface area contributed by atoms with E-state index in [2.05, 4.69) is 46.6 Å². The maximum Gasteiger partial charge on any atom is 0.136 e. The van der Waals surface area contributed by atoms with Crippen molar-refractivity contribution in [1.82, 2.24) is 9.97 Å². The highest BCUT2D eigenvalue weighted by Crippen LogP contribution is 2.20. The monoisotopic (exact) mass is 336 g/mol. The van der Waals surface area contributed by atoms with Crippen molar-refractivity contribution in [2.45, 2.75) is 27.3 Å². The van der Waals surface area contributed by atoms with Gasteiger partial charge in [0.15, 0.2) is 0 Å². The minimum atomic E-state index is -0.235. The molecule has 0 aliphatic heterocycles. The van der Waals surface area contributed by atoms with Crippen LogP contribution >= 0.6 is 0 Å². The molecule has 0 aliphatic carbocycles. The third kappa shape index (κ3) is 4.53. The Kier molecular flexibility index (Phi) is 4.93. The lowest BCUT2D eigenvalue weighted by Crippen LogP contribution is -2.05. The van der Waals surface area contributed by atoms with E-state index >= 15 is 0 Å². The van der Waals surface area contributed by atoms with Crippen LogP contribution in [0.2, 0.25) is 0 Å². The second kappa shape index (κ2) is 7.30. The highest BCUT2D eigenvalue weighted by molar-refractivity contribution is 5.60.